The quantitative estimate of drug-likeness (QED) is 0.302. The van der Waals surface area contributed by atoms with Gasteiger partial charge in [0, 0.05) is 12.2 Å². The lowest BCUT2D eigenvalue weighted by atomic mass is 9.83. The molecule has 0 radical (unpaired) electrons. The van der Waals surface area contributed by atoms with Crippen LogP contribution in [0.25, 0.3) is 11.1 Å². The molecule has 1 amide bonds. The van der Waals surface area contributed by atoms with Crippen molar-refractivity contribution in [3.05, 3.63) is 59.2 Å². The molecule has 36 heavy (non-hydrogen) atoms. The Bertz CT molecular complexity index is 1000. The molecule has 2 aromatic carbocycles. The summed E-state index contributed by atoms with van der Waals surface area (Å²) in [6.45, 7) is 2.17. The number of benzene rings is 2. The minimum atomic E-state index is -1.02. The summed E-state index contributed by atoms with van der Waals surface area (Å²) in [4.78, 5) is 25.0. The summed E-state index contributed by atoms with van der Waals surface area (Å²) < 4.78 is 0. The Morgan fingerprint density at radius 2 is 1.81 bits per heavy atom. The molecule has 0 spiro atoms. The number of aryl methyl sites for hydroxylation is 1. The molecule has 5 nitrogen and oxygen atoms in total. The highest BCUT2D eigenvalue weighted by molar-refractivity contribution is 7.98. The SMILES string of the molecule is CSCCC(NC(=O)c1ccc(CC(CO)CCC2CCCCC2)cc1-c1ccccc1C)C(=O)O. The van der Waals surface area contributed by atoms with Crippen LogP contribution < -0.4 is 5.32 Å². The standard InChI is InChI=1S/C30H41NO4S/c1-21-8-6-7-11-25(21)27-19-23(18-24(20-32)13-12-22-9-4-3-5-10-22)14-15-26(27)29(33)31-28(30(34)35)16-17-36-2/h6-8,11,14-15,19,22,24,28,32H,3-5,9-10,12-13,16-18,20H2,1-2H3,(H,31,33)(H,34,35). The van der Waals surface area contributed by atoms with Crippen molar-refractivity contribution >= 4 is 23.6 Å². The summed E-state index contributed by atoms with van der Waals surface area (Å²) in [6, 6.07) is 12.8. The molecule has 2 unspecified atom stereocenters. The number of aliphatic hydroxyl groups excluding tert-OH is 1. The minimum Gasteiger partial charge on any atom is -0.480 e. The molecule has 0 heterocycles. The Kier molecular flexibility index (Phi) is 11.3. The van der Waals surface area contributed by atoms with Crippen molar-refractivity contribution in [2.75, 3.05) is 18.6 Å². The van der Waals surface area contributed by atoms with Crippen LogP contribution in [0.5, 0.6) is 0 Å². The van der Waals surface area contributed by atoms with Gasteiger partial charge in [-0.25, -0.2) is 4.79 Å². The van der Waals surface area contributed by atoms with Crippen molar-refractivity contribution in [3.8, 4) is 11.1 Å². The van der Waals surface area contributed by atoms with Crippen LogP contribution >= 0.6 is 11.8 Å². The molecule has 6 heteroatoms. The van der Waals surface area contributed by atoms with Crippen LogP contribution in [-0.2, 0) is 11.2 Å². The molecule has 1 aliphatic carbocycles. The van der Waals surface area contributed by atoms with Gasteiger partial charge in [-0.2, -0.15) is 11.8 Å². The van der Waals surface area contributed by atoms with E-state index in [0.29, 0.717) is 17.7 Å². The van der Waals surface area contributed by atoms with E-state index in [1.807, 2.05) is 49.6 Å². The fraction of sp³-hybridized carbons (Fsp3) is 0.533. The number of aliphatic carboxylic acids is 1. The van der Waals surface area contributed by atoms with Crippen molar-refractivity contribution < 1.29 is 19.8 Å². The van der Waals surface area contributed by atoms with Gasteiger partial charge in [0.15, 0.2) is 0 Å². The Hall–Kier alpha value is -2.31. The lowest BCUT2D eigenvalue weighted by Gasteiger charge is -2.24. The second-order valence-electron chi connectivity index (χ2n) is 10.2. The number of hydrogen-bond acceptors (Lipinski definition) is 4. The van der Waals surface area contributed by atoms with E-state index in [9.17, 15) is 19.8 Å². The van der Waals surface area contributed by atoms with Gasteiger partial charge in [-0.3, -0.25) is 4.79 Å². The first-order valence-corrected chi connectivity index (χ1v) is 14.6. The van der Waals surface area contributed by atoms with E-state index in [1.54, 1.807) is 11.8 Å². The molecule has 0 saturated heterocycles. The average molecular weight is 512 g/mol. The van der Waals surface area contributed by atoms with E-state index in [4.69, 9.17) is 0 Å². The first-order chi connectivity index (χ1) is 17.4. The van der Waals surface area contributed by atoms with Gasteiger partial charge >= 0.3 is 5.97 Å². The van der Waals surface area contributed by atoms with Gasteiger partial charge in [0.05, 0.1) is 0 Å². The van der Waals surface area contributed by atoms with Crippen molar-refractivity contribution in [3.63, 3.8) is 0 Å². The van der Waals surface area contributed by atoms with Crippen LogP contribution in [0.4, 0.5) is 0 Å². The van der Waals surface area contributed by atoms with Crippen LogP contribution in [0.2, 0.25) is 0 Å². The highest BCUT2D eigenvalue weighted by Gasteiger charge is 2.23. The fourth-order valence-electron chi connectivity index (χ4n) is 5.28. The second kappa shape index (κ2) is 14.4. The van der Waals surface area contributed by atoms with Crippen LogP contribution in [0, 0.1) is 18.8 Å². The smallest absolute Gasteiger partial charge is 0.326 e. The lowest BCUT2D eigenvalue weighted by Crippen LogP contribution is -2.41. The number of aliphatic hydroxyl groups is 1. The normalized spacial score (nSPS) is 15.9. The van der Waals surface area contributed by atoms with Crippen LogP contribution in [0.15, 0.2) is 42.5 Å². The average Bonchev–Trinajstić information content (AvgIpc) is 2.89. The lowest BCUT2D eigenvalue weighted by molar-refractivity contribution is -0.139. The van der Waals surface area contributed by atoms with E-state index >= 15 is 0 Å². The summed E-state index contributed by atoms with van der Waals surface area (Å²) in [6.07, 6.45) is 11.9. The molecule has 1 aliphatic rings. The molecule has 1 saturated carbocycles. The third kappa shape index (κ3) is 8.10. The van der Waals surface area contributed by atoms with Gasteiger partial charge < -0.3 is 15.5 Å². The fourth-order valence-corrected chi connectivity index (χ4v) is 5.75. The molecular weight excluding hydrogens is 470 g/mol. The molecule has 3 rings (SSSR count). The zero-order chi connectivity index (χ0) is 25.9. The topological polar surface area (TPSA) is 86.6 Å². The zero-order valence-electron chi connectivity index (χ0n) is 21.7. The van der Waals surface area contributed by atoms with Gasteiger partial charge in [-0.05, 0) is 78.4 Å². The number of carboxylic acids is 1. The third-order valence-corrected chi connectivity index (χ3v) is 8.11. The number of thioether (sulfide) groups is 1. The maximum Gasteiger partial charge on any atom is 0.326 e. The molecule has 1 fully saturated rings. The number of carboxylic acid groups (broad SMARTS) is 1. The van der Waals surface area contributed by atoms with Gasteiger partial charge in [-0.15, -0.1) is 0 Å². The van der Waals surface area contributed by atoms with Crippen molar-refractivity contribution in [1.82, 2.24) is 5.32 Å². The summed E-state index contributed by atoms with van der Waals surface area (Å²) in [5, 5.41) is 22.4. The minimum absolute atomic E-state index is 0.157. The number of hydrogen-bond donors (Lipinski definition) is 3. The first-order valence-electron chi connectivity index (χ1n) is 13.2. The Morgan fingerprint density at radius 1 is 1.06 bits per heavy atom. The molecule has 2 aromatic rings. The van der Waals surface area contributed by atoms with E-state index in [2.05, 4.69) is 11.4 Å². The Morgan fingerprint density at radius 3 is 2.47 bits per heavy atom. The van der Waals surface area contributed by atoms with Gasteiger partial charge in [0.25, 0.3) is 5.91 Å². The molecule has 0 aliphatic heterocycles. The molecule has 0 bridgehead atoms. The van der Waals surface area contributed by atoms with Crippen molar-refractivity contribution in [2.45, 2.75) is 70.8 Å². The molecule has 0 aromatic heterocycles. The maximum absolute atomic E-state index is 13.3. The Balaban J connectivity index is 1.83. The summed E-state index contributed by atoms with van der Waals surface area (Å²) >= 11 is 1.56. The molecule has 3 N–H and O–H groups in total. The van der Waals surface area contributed by atoms with Crippen LogP contribution in [0.3, 0.4) is 0 Å². The van der Waals surface area contributed by atoms with E-state index in [1.165, 1.54) is 38.5 Å². The number of amides is 1. The number of rotatable bonds is 13. The van der Waals surface area contributed by atoms with Crippen LogP contribution in [0.1, 0.15) is 72.9 Å². The van der Waals surface area contributed by atoms with Gasteiger partial charge in [0.2, 0.25) is 0 Å². The number of nitrogens with one attached hydrogen (secondary N) is 1. The molecule has 2 atom stereocenters. The summed E-state index contributed by atoms with van der Waals surface area (Å²) in [5.74, 6) is 0.248. The summed E-state index contributed by atoms with van der Waals surface area (Å²) in [7, 11) is 0. The highest BCUT2D eigenvalue weighted by Crippen LogP contribution is 2.31. The maximum atomic E-state index is 13.3. The zero-order valence-corrected chi connectivity index (χ0v) is 22.5. The van der Waals surface area contributed by atoms with Gasteiger partial charge in [-0.1, -0.05) is 74.9 Å². The van der Waals surface area contributed by atoms with Crippen LogP contribution in [-0.4, -0.2) is 46.7 Å². The third-order valence-electron chi connectivity index (χ3n) is 7.47. The summed E-state index contributed by atoms with van der Waals surface area (Å²) in [5.41, 5.74) is 4.39. The van der Waals surface area contributed by atoms with Gasteiger partial charge in [0.1, 0.15) is 6.04 Å². The number of carbonyl (C=O) groups is 2. The molecule has 196 valence electrons. The second-order valence-corrected chi connectivity index (χ2v) is 11.2. The highest BCUT2D eigenvalue weighted by atomic mass is 32.2. The predicted molar refractivity (Wildman–Crippen MR) is 149 cm³/mol. The first kappa shape index (κ1) is 28.3. The van der Waals surface area contributed by atoms with E-state index < -0.39 is 12.0 Å². The van der Waals surface area contributed by atoms with Crippen molar-refractivity contribution in [2.24, 2.45) is 11.8 Å². The predicted octanol–water partition coefficient (Wildman–Crippen LogP) is 6.11. The van der Waals surface area contributed by atoms with E-state index in [0.717, 1.165) is 41.0 Å². The monoisotopic (exact) mass is 511 g/mol. The van der Waals surface area contributed by atoms with E-state index in [-0.39, 0.29) is 18.4 Å². The van der Waals surface area contributed by atoms with Crippen molar-refractivity contribution in [1.29, 1.82) is 0 Å². The Labute approximate surface area is 220 Å². The number of carbonyl (C=O) groups excluding carboxylic acids is 1. The molecular formula is C30H41NO4S. The largest absolute Gasteiger partial charge is 0.480 e.